The van der Waals surface area contributed by atoms with Crippen molar-refractivity contribution < 1.29 is 17.9 Å². The number of para-hydroxylation sites is 1. The molecule has 0 N–H and O–H groups in total. The first-order chi connectivity index (χ1) is 12.9. The molecule has 0 aliphatic heterocycles. The van der Waals surface area contributed by atoms with E-state index in [9.17, 15) is 8.42 Å². The van der Waals surface area contributed by atoms with E-state index in [1.165, 1.54) is 16.6 Å². The minimum absolute atomic E-state index is 0.549. The Kier molecular flexibility index (Phi) is 4.00. The summed E-state index contributed by atoms with van der Waals surface area (Å²) >= 11 is 0. The molecule has 0 spiro atoms. The molecule has 2 aromatic carbocycles. The maximum atomic E-state index is 12.2. The lowest BCUT2D eigenvalue weighted by Gasteiger charge is -2.10. The number of hydrogen-bond acceptors (Lipinski definition) is 6. The molecule has 27 heavy (non-hydrogen) atoms. The maximum Gasteiger partial charge on any atom is 0.236 e. The second kappa shape index (κ2) is 6.24. The molecule has 2 aromatic heterocycles. The molecular formula is C19H17N3O4S. The van der Waals surface area contributed by atoms with Gasteiger partial charge in [-0.1, -0.05) is 18.2 Å². The molecule has 0 saturated heterocycles. The molecule has 0 aliphatic carbocycles. The number of fused-ring (bicyclic) bond motifs is 2. The molecule has 4 aromatic rings. The minimum Gasteiger partial charge on any atom is -0.493 e. The first kappa shape index (κ1) is 17.3. The van der Waals surface area contributed by atoms with E-state index in [1.54, 1.807) is 44.7 Å². The first-order valence-corrected chi connectivity index (χ1v) is 9.96. The van der Waals surface area contributed by atoms with Gasteiger partial charge in [0.2, 0.25) is 10.0 Å². The fourth-order valence-corrected chi connectivity index (χ4v) is 4.02. The van der Waals surface area contributed by atoms with Gasteiger partial charge >= 0.3 is 0 Å². The Bertz CT molecular complexity index is 1280. The maximum absolute atomic E-state index is 12.2. The molecule has 0 aliphatic rings. The van der Waals surface area contributed by atoms with Crippen molar-refractivity contribution in [1.82, 2.24) is 13.9 Å². The summed E-state index contributed by atoms with van der Waals surface area (Å²) < 4.78 is 36.5. The van der Waals surface area contributed by atoms with Crippen LogP contribution in [0.3, 0.4) is 0 Å². The van der Waals surface area contributed by atoms with Crippen molar-refractivity contribution >= 4 is 31.8 Å². The van der Waals surface area contributed by atoms with E-state index in [1.807, 2.05) is 12.1 Å². The first-order valence-electron chi connectivity index (χ1n) is 8.12. The predicted molar refractivity (Wildman–Crippen MR) is 104 cm³/mol. The van der Waals surface area contributed by atoms with Gasteiger partial charge in [0.05, 0.1) is 37.2 Å². The second-order valence-electron chi connectivity index (χ2n) is 6.07. The molecule has 0 amide bonds. The van der Waals surface area contributed by atoms with Gasteiger partial charge < -0.3 is 9.47 Å². The third kappa shape index (κ3) is 2.78. The van der Waals surface area contributed by atoms with Crippen LogP contribution in [0.4, 0.5) is 0 Å². The van der Waals surface area contributed by atoms with Crippen LogP contribution in [0, 0.1) is 0 Å². The quantitative estimate of drug-likeness (QED) is 0.539. The molecular weight excluding hydrogens is 366 g/mol. The van der Waals surface area contributed by atoms with Gasteiger partial charge in [0.15, 0.2) is 11.5 Å². The third-order valence-electron chi connectivity index (χ3n) is 4.43. The SMILES string of the molecule is COc1cc2ncnc(-c3cn(S(C)(=O)=O)c4ccccc34)c2cc1OC. The lowest BCUT2D eigenvalue weighted by atomic mass is 10.1. The Morgan fingerprint density at radius 3 is 2.37 bits per heavy atom. The Hall–Kier alpha value is -3.13. The summed E-state index contributed by atoms with van der Waals surface area (Å²) in [4.78, 5) is 8.75. The van der Waals surface area contributed by atoms with Crippen molar-refractivity contribution in [2.45, 2.75) is 0 Å². The fraction of sp³-hybridized carbons (Fsp3) is 0.158. The molecule has 4 rings (SSSR count). The van der Waals surface area contributed by atoms with Crippen molar-refractivity contribution in [3.63, 3.8) is 0 Å². The molecule has 0 saturated carbocycles. The smallest absolute Gasteiger partial charge is 0.236 e. The highest BCUT2D eigenvalue weighted by Gasteiger charge is 2.19. The van der Waals surface area contributed by atoms with Crippen LogP contribution in [0.1, 0.15) is 0 Å². The summed E-state index contributed by atoms with van der Waals surface area (Å²) in [6.45, 7) is 0. The van der Waals surface area contributed by atoms with Crippen molar-refractivity contribution in [3.8, 4) is 22.8 Å². The normalized spacial score (nSPS) is 11.8. The predicted octanol–water partition coefficient (Wildman–Crippen LogP) is 3.08. The molecule has 0 fully saturated rings. The molecule has 0 radical (unpaired) electrons. The third-order valence-corrected chi connectivity index (χ3v) is 5.45. The Morgan fingerprint density at radius 1 is 0.963 bits per heavy atom. The van der Waals surface area contributed by atoms with Crippen LogP contribution in [0.5, 0.6) is 11.5 Å². The van der Waals surface area contributed by atoms with Gasteiger partial charge in [0.25, 0.3) is 0 Å². The van der Waals surface area contributed by atoms with Crippen LogP contribution in [0.25, 0.3) is 33.1 Å². The van der Waals surface area contributed by atoms with E-state index in [4.69, 9.17) is 9.47 Å². The Morgan fingerprint density at radius 2 is 1.67 bits per heavy atom. The number of rotatable bonds is 4. The van der Waals surface area contributed by atoms with Gasteiger partial charge in [0, 0.05) is 28.6 Å². The number of hydrogen-bond donors (Lipinski definition) is 0. The molecule has 0 atom stereocenters. The zero-order valence-corrected chi connectivity index (χ0v) is 15.8. The van der Waals surface area contributed by atoms with Gasteiger partial charge in [0.1, 0.15) is 6.33 Å². The highest BCUT2D eigenvalue weighted by Crippen LogP contribution is 2.38. The van der Waals surface area contributed by atoms with Crippen LogP contribution in [-0.2, 0) is 10.0 Å². The number of nitrogens with zero attached hydrogens (tertiary/aromatic N) is 3. The van der Waals surface area contributed by atoms with E-state index < -0.39 is 10.0 Å². The van der Waals surface area contributed by atoms with Crippen LogP contribution >= 0.6 is 0 Å². The van der Waals surface area contributed by atoms with Crippen LogP contribution < -0.4 is 9.47 Å². The summed E-state index contributed by atoms with van der Waals surface area (Å²) in [5, 5.41) is 1.53. The van der Waals surface area contributed by atoms with E-state index in [0.29, 0.717) is 33.8 Å². The van der Waals surface area contributed by atoms with E-state index >= 15 is 0 Å². The zero-order chi connectivity index (χ0) is 19.2. The van der Waals surface area contributed by atoms with Crippen molar-refractivity contribution in [2.75, 3.05) is 20.5 Å². The van der Waals surface area contributed by atoms with Crippen molar-refractivity contribution in [2.24, 2.45) is 0 Å². The molecule has 0 unspecified atom stereocenters. The number of ether oxygens (including phenoxy) is 2. The fourth-order valence-electron chi connectivity index (χ4n) is 3.21. The van der Waals surface area contributed by atoms with E-state index in [0.717, 1.165) is 10.8 Å². The van der Waals surface area contributed by atoms with Gasteiger partial charge in [-0.25, -0.2) is 22.4 Å². The number of methoxy groups -OCH3 is 2. The summed E-state index contributed by atoms with van der Waals surface area (Å²) in [5.41, 5.74) is 2.60. The standard InChI is InChI=1S/C19H17N3O4S/c1-25-17-8-13-15(9-18(17)26-2)20-11-21-19(13)14-10-22(27(3,23)24)16-7-5-4-6-12(14)16/h4-11H,1-3H3. The van der Waals surface area contributed by atoms with Crippen LogP contribution in [0.15, 0.2) is 48.9 Å². The van der Waals surface area contributed by atoms with E-state index in [2.05, 4.69) is 9.97 Å². The van der Waals surface area contributed by atoms with Crippen LogP contribution in [0.2, 0.25) is 0 Å². The number of benzene rings is 2. The topological polar surface area (TPSA) is 83.3 Å². The monoisotopic (exact) mass is 383 g/mol. The molecule has 8 heteroatoms. The van der Waals surface area contributed by atoms with Crippen molar-refractivity contribution in [3.05, 3.63) is 48.9 Å². The van der Waals surface area contributed by atoms with Gasteiger partial charge in [-0.05, 0) is 12.1 Å². The molecule has 2 heterocycles. The summed E-state index contributed by atoms with van der Waals surface area (Å²) in [5.74, 6) is 1.11. The Labute approximate surface area is 156 Å². The second-order valence-corrected chi connectivity index (χ2v) is 7.92. The largest absolute Gasteiger partial charge is 0.493 e. The minimum atomic E-state index is -3.46. The average Bonchev–Trinajstić information content (AvgIpc) is 3.06. The highest BCUT2D eigenvalue weighted by molar-refractivity contribution is 7.89. The number of aromatic nitrogens is 3. The summed E-state index contributed by atoms with van der Waals surface area (Å²) in [6, 6.07) is 10.9. The molecule has 7 nitrogen and oxygen atoms in total. The lowest BCUT2D eigenvalue weighted by molar-refractivity contribution is 0.356. The van der Waals surface area contributed by atoms with Gasteiger partial charge in [-0.2, -0.15) is 0 Å². The Balaban J connectivity index is 2.09. The van der Waals surface area contributed by atoms with E-state index in [-0.39, 0.29) is 0 Å². The van der Waals surface area contributed by atoms with Gasteiger partial charge in [-0.15, -0.1) is 0 Å². The van der Waals surface area contributed by atoms with Crippen molar-refractivity contribution in [1.29, 1.82) is 0 Å². The molecule has 138 valence electrons. The summed E-state index contributed by atoms with van der Waals surface area (Å²) in [7, 11) is -0.346. The average molecular weight is 383 g/mol. The van der Waals surface area contributed by atoms with Crippen LogP contribution in [-0.4, -0.2) is 42.8 Å². The summed E-state index contributed by atoms with van der Waals surface area (Å²) in [6.07, 6.45) is 4.23. The highest BCUT2D eigenvalue weighted by atomic mass is 32.2. The molecule has 0 bridgehead atoms. The lowest BCUT2D eigenvalue weighted by Crippen LogP contribution is -2.07. The zero-order valence-electron chi connectivity index (χ0n) is 15.0. The van der Waals surface area contributed by atoms with Gasteiger partial charge in [-0.3, -0.25) is 0 Å².